The summed E-state index contributed by atoms with van der Waals surface area (Å²) < 4.78 is 0. The molecule has 0 atom stereocenters. The predicted octanol–water partition coefficient (Wildman–Crippen LogP) is 7.91. The van der Waals surface area contributed by atoms with Gasteiger partial charge >= 0.3 is 0 Å². The molecular weight excluding hydrogens is 412 g/mol. The molecule has 0 unspecified atom stereocenters. The van der Waals surface area contributed by atoms with Gasteiger partial charge in [-0.3, -0.25) is 0 Å². The smallest absolute Gasteiger partial charge is 0.128 e. The Balaban J connectivity index is 1.73. The summed E-state index contributed by atoms with van der Waals surface area (Å²) in [4.78, 5) is 10.5. The van der Waals surface area contributed by atoms with Crippen LogP contribution in [-0.2, 0) is 0 Å². The summed E-state index contributed by atoms with van der Waals surface area (Å²) in [5.41, 5.74) is 5.67. The molecule has 162 valence electrons. The number of hydrogen-bond donors (Lipinski definition) is 1. The van der Waals surface area contributed by atoms with Gasteiger partial charge in [0.05, 0.1) is 11.4 Å². The number of hydrogen-bond acceptors (Lipinski definition) is 4. The minimum absolute atomic E-state index is 0.232. The van der Waals surface area contributed by atoms with E-state index < -0.39 is 0 Å². The average molecular weight is 441 g/mol. The first-order chi connectivity index (χ1) is 15.4. The van der Waals surface area contributed by atoms with Gasteiger partial charge in [-0.2, -0.15) is 0 Å². The molecule has 0 aliphatic heterocycles. The molecule has 0 aliphatic carbocycles. The number of phenols is 1. The van der Waals surface area contributed by atoms with Gasteiger partial charge in [0.1, 0.15) is 10.8 Å². The molecular formula is C28H28N2OS. The van der Waals surface area contributed by atoms with Crippen molar-refractivity contribution in [3.63, 3.8) is 0 Å². The molecule has 2 aromatic heterocycles. The van der Waals surface area contributed by atoms with E-state index in [2.05, 4.69) is 63.0 Å². The van der Waals surface area contributed by atoms with E-state index in [4.69, 9.17) is 4.98 Å². The summed E-state index contributed by atoms with van der Waals surface area (Å²) in [6.45, 7) is 8.57. The van der Waals surface area contributed by atoms with Crippen molar-refractivity contribution in [1.29, 1.82) is 0 Å². The van der Waals surface area contributed by atoms with Gasteiger partial charge in [0, 0.05) is 22.2 Å². The first kappa shape index (κ1) is 22.1. The molecule has 0 fully saturated rings. The number of aromatic hydroxyl groups is 1. The van der Waals surface area contributed by atoms with E-state index in [1.807, 2.05) is 42.5 Å². The first-order valence-corrected chi connectivity index (χ1v) is 11.8. The number of benzene rings is 2. The highest BCUT2D eigenvalue weighted by molar-refractivity contribution is 7.99. The van der Waals surface area contributed by atoms with E-state index in [-0.39, 0.29) is 5.92 Å². The van der Waals surface area contributed by atoms with Crippen LogP contribution in [0.1, 0.15) is 50.7 Å². The maximum Gasteiger partial charge on any atom is 0.128 e. The summed E-state index contributed by atoms with van der Waals surface area (Å²) in [7, 11) is 0. The standard InChI is InChI=1S/C28H28N2OS/c1-18(2)21-16-23(19(3)4)28(31)24(17-21)26-12-8-11-25(30-26)20-9-7-10-22(15-20)32-27-13-5-6-14-29-27/h5-19,31H,1-4H3. The molecule has 4 rings (SSSR count). The number of nitrogens with zero attached hydrogens (tertiary/aromatic N) is 2. The van der Waals surface area contributed by atoms with E-state index in [9.17, 15) is 5.11 Å². The van der Waals surface area contributed by atoms with Crippen molar-refractivity contribution in [2.75, 3.05) is 0 Å². The van der Waals surface area contributed by atoms with Crippen LogP contribution < -0.4 is 0 Å². The Morgan fingerprint density at radius 1 is 0.781 bits per heavy atom. The maximum absolute atomic E-state index is 11.0. The molecule has 4 aromatic rings. The minimum atomic E-state index is 0.232. The summed E-state index contributed by atoms with van der Waals surface area (Å²) >= 11 is 1.63. The van der Waals surface area contributed by atoms with Crippen LogP contribution in [-0.4, -0.2) is 15.1 Å². The summed E-state index contributed by atoms with van der Waals surface area (Å²) in [5, 5.41) is 12.0. The second-order valence-electron chi connectivity index (χ2n) is 8.52. The highest BCUT2D eigenvalue weighted by atomic mass is 32.2. The van der Waals surface area contributed by atoms with E-state index in [1.165, 1.54) is 5.56 Å². The lowest BCUT2D eigenvalue weighted by Gasteiger charge is -2.17. The first-order valence-electron chi connectivity index (χ1n) is 11.0. The normalized spacial score (nSPS) is 11.3. The fraction of sp³-hybridized carbons (Fsp3) is 0.214. The number of aromatic nitrogens is 2. The zero-order chi connectivity index (χ0) is 22.7. The third kappa shape index (κ3) is 4.86. The van der Waals surface area contributed by atoms with E-state index in [0.29, 0.717) is 11.7 Å². The van der Waals surface area contributed by atoms with Gasteiger partial charge in [0.2, 0.25) is 0 Å². The van der Waals surface area contributed by atoms with Crippen molar-refractivity contribution in [1.82, 2.24) is 9.97 Å². The van der Waals surface area contributed by atoms with Gasteiger partial charge in [0.15, 0.2) is 0 Å². The molecule has 4 heteroatoms. The number of phenolic OH excluding ortho intramolecular Hbond substituents is 1. The Labute approximate surface area is 194 Å². The lowest BCUT2D eigenvalue weighted by molar-refractivity contribution is 0.466. The molecule has 1 N–H and O–H groups in total. The molecule has 0 aliphatic rings. The Kier molecular flexibility index (Phi) is 6.61. The van der Waals surface area contributed by atoms with Gasteiger partial charge in [-0.1, -0.05) is 69.8 Å². The zero-order valence-electron chi connectivity index (χ0n) is 18.9. The van der Waals surface area contributed by atoms with Crippen molar-refractivity contribution >= 4 is 11.8 Å². The molecule has 0 bridgehead atoms. The van der Waals surface area contributed by atoms with Crippen LogP contribution in [0, 0.1) is 0 Å². The highest BCUT2D eigenvalue weighted by Gasteiger charge is 2.17. The predicted molar refractivity (Wildman–Crippen MR) is 133 cm³/mol. The van der Waals surface area contributed by atoms with Crippen molar-refractivity contribution < 1.29 is 5.11 Å². The Bertz CT molecular complexity index is 1220. The van der Waals surface area contributed by atoms with Gasteiger partial charge in [-0.15, -0.1) is 0 Å². The molecule has 0 radical (unpaired) electrons. The lowest BCUT2D eigenvalue weighted by atomic mass is 9.91. The third-order valence-corrected chi connectivity index (χ3v) is 6.41. The molecule has 32 heavy (non-hydrogen) atoms. The molecule has 0 amide bonds. The van der Waals surface area contributed by atoms with E-state index in [0.717, 1.165) is 38.0 Å². The van der Waals surface area contributed by atoms with Crippen molar-refractivity contribution in [3.05, 3.63) is 90.1 Å². The Hall–Kier alpha value is -3.11. The topological polar surface area (TPSA) is 46.0 Å². The second-order valence-corrected chi connectivity index (χ2v) is 9.62. The van der Waals surface area contributed by atoms with Crippen LogP contribution in [0.2, 0.25) is 0 Å². The van der Waals surface area contributed by atoms with Crippen LogP contribution in [0.15, 0.2) is 88.9 Å². The molecule has 2 aromatic carbocycles. The minimum Gasteiger partial charge on any atom is -0.507 e. The number of rotatable bonds is 6. The molecule has 3 nitrogen and oxygen atoms in total. The molecule has 2 heterocycles. The fourth-order valence-electron chi connectivity index (χ4n) is 3.64. The monoisotopic (exact) mass is 440 g/mol. The van der Waals surface area contributed by atoms with Crippen LogP contribution >= 0.6 is 11.8 Å². The van der Waals surface area contributed by atoms with Gasteiger partial charge in [0.25, 0.3) is 0 Å². The second kappa shape index (κ2) is 9.58. The Morgan fingerprint density at radius 2 is 1.56 bits per heavy atom. The molecule has 0 spiro atoms. The lowest BCUT2D eigenvalue weighted by Crippen LogP contribution is -1.98. The SMILES string of the molecule is CC(C)c1cc(-c2cccc(-c3cccc(Sc4ccccn4)c3)n2)c(O)c(C(C)C)c1. The van der Waals surface area contributed by atoms with Crippen molar-refractivity contribution in [2.24, 2.45) is 0 Å². The van der Waals surface area contributed by atoms with Crippen molar-refractivity contribution in [3.8, 4) is 28.3 Å². The molecule has 0 saturated heterocycles. The molecule has 0 saturated carbocycles. The summed E-state index contributed by atoms with van der Waals surface area (Å²) in [6.07, 6.45) is 1.81. The maximum atomic E-state index is 11.0. The van der Waals surface area contributed by atoms with Crippen molar-refractivity contribution in [2.45, 2.75) is 49.5 Å². The van der Waals surface area contributed by atoms with E-state index >= 15 is 0 Å². The van der Waals surface area contributed by atoms with E-state index in [1.54, 1.807) is 18.0 Å². The van der Waals surface area contributed by atoms with Gasteiger partial charge in [-0.25, -0.2) is 9.97 Å². The van der Waals surface area contributed by atoms with Crippen LogP contribution in [0.25, 0.3) is 22.5 Å². The largest absolute Gasteiger partial charge is 0.507 e. The quantitative estimate of drug-likeness (QED) is 0.331. The average Bonchev–Trinajstić information content (AvgIpc) is 2.80. The van der Waals surface area contributed by atoms with Crippen LogP contribution in [0.3, 0.4) is 0 Å². The summed E-state index contributed by atoms with van der Waals surface area (Å²) in [5.74, 6) is 0.930. The fourth-order valence-corrected chi connectivity index (χ4v) is 4.48. The highest BCUT2D eigenvalue weighted by Crippen LogP contribution is 2.39. The third-order valence-electron chi connectivity index (χ3n) is 5.47. The zero-order valence-corrected chi connectivity index (χ0v) is 19.7. The summed E-state index contributed by atoms with van der Waals surface area (Å²) in [6, 6.07) is 24.4. The van der Waals surface area contributed by atoms with Gasteiger partial charge in [-0.05, 0) is 65.4 Å². The van der Waals surface area contributed by atoms with Gasteiger partial charge < -0.3 is 5.11 Å². The van der Waals surface area contributed by atoms with Crippen LogP contribution in [0.5, 0.6) is 5.75 Å². The Morgan fingerprint density at radius 3 is 2.28 bits per heavy atom. The van der Waals surface area contributed by atoms with Crippen LogP contribution in [0.4, 0.5) is 0 Å². The number of pyridine rings is 2.